The average molecular weight is 270 g/mol. The number of benzene rings is 1. The Labute approximate surface area is 89.7 Å². The van der Waals surface area contributed by atoms with E-state index >= 15 is 0 Å². The molecule has 0 heterocycles. The van der Waals surface area contributed by atoms with Crippen LogP contribution in [0.25, 0.3) is 0 Å². The van der Waals surface area contributed by atoms with Gasteiger partial charge in [0.1, 0.15) is 0 Å². The van der Waals surface area contributed by atoms with Gasteiger partial charge in [0.15, 0.2) is 5.75 Å². The fourth-order valence-electron chi connectivity index (χ4n) is 0.885. The van der Waals surface area contributed by atoms with Gasteiger partial charge in [0.05, 0.1) is 17.2 Å². The van der Waals surface area contributed by atoms with E-state index in [-0.39, 0.29) is 0 Å². The molecular weight excluding hydrogens is 263 g/mol. The van der Waals surface area contributed by atoms with Crippen LogP contribution in [-0.2, 0) is 5.33 Å². The minimum Gasteiger partial charge on any atom is -0.494 e. The monoisotopic (exact) mass is 268 g/mol. The Morgan fingerprint density at radius 3 is 2.17 bits per heavy atom. The number of hydrogen-bond acceptors (Lipinski definition) is 1. The average Bonchev–Trinajstić information content (AvgIpc) is 2.03. The molecule has 0 fully saturated rings. The zero-order chi connectivity index (χ0) is 9.14. The summed E-state index contributed by atoms with van der Waals surface area (Å²) >= 11 is 15.1. The first-order valence-electron chi connectivity index (χ1n) is 3.27. The van der Waals surface area contributed by atoms with Crippen molar-refractivity contribution in [2.24, 2.45) is 0 Å². The molecule has 0 aromatic heterocycles. The minimum atomic E-state index is 0.531. The lowest BCUT2D eigenvalue weighted by Gasteiger charge is -2.06. The van der Waals surface area contributed by atoms with Gasteiger partial charge in [0.2, 0.25) is 0 Å². The molecule has 0 bridgehead atoms. The van der Waals surface area contributed by atoms with Gasteiger partial charge in [0.25, 0.3) is 0 Å². The Balaban J connectivity index is 3.18. The summed E-state index contributed by atoms with van der Waals surface area (Å²) in [4.78, 5) is 0. The number of alkyl halides is 1. The van der Waals surface area contributed by atoms with Crippen LogP contribution in [0.1, 0.15) is 5.56 Å². The first-order valence-corrected chi connectivity index (χ1v) is 5.14. The van der Waals surface area contributed by atoms with Crippen LogP contribution in [0.15, 0.2) is 12.1 Å². The highest BCUT2D eigenvalue weighted by Gasteiger charge is 2.07. The van der Waals surface area contributed by atoms with E-state index in [0.29, 0.717) is 15.8 Å². The third-order valence-electron chi connectivity index (χ3n) is 1.42. The smallest absolute Gasteiger partial charge is 0.156 e. The highest BCUT2D eigenvalue weighted by molar-refractivity contribution is 9.08. The van der Waals surface area contributed by atoms with E-state index in [2.05, 4.69) is 15.9 Å². The van der Waals surface area contributed by atoms with Crippen molar-refractivity contribution < 1.29 is 4.74 Å². The van der Waals surface area contributed by atoms with Crippen LogP contribution in [0.4, 0.5) is 0 Å². The lowest BCUT2D eigenvalue weighted by Crippen LogP contribution is -1.87. The molecule has 0 aliphatic carbocycles. The molecule has 1 nitrogen and oxygen atoms in total. The van der Waals surface area contributed by atoms with Crippen molar-refractivity contribution >= 4 is 39.1 Å². The molecule has 0 aliphatic rings. The van der Waals surface area contributed by atoms with Gasteiger partial charge in [-0.25, -0.2) is 0 Å². The number of hydrogen-bond donors (Lipinski definition) is 0. The van der Waals surface area contributed by atoms with Crippen LogP contribution < -0.4 is 4.74 Å². The molecule has 12 heavy (non-hydrogen) atoms. The van der Waals surface area contributed by atoms with Crippen LogP contribution in [0.3, 0.4) is 0 Å². The second-order valence-electron chi connectivity index (χ2n) is 2.23. The first-order chi connectivity index (χ1) is 5.69. The lowest BCUT2D eigenvalue weighted by molar-refractivity contribution is 0.415. The van der Waals surface area contributed by atoms with Crippen molar-refractivity contribution in [2.75, 3.05) is 7.11 Å². The highest BCUT2D eigenvalue weighted by atomic mass is 79.9. The first kappa shape index (κ1) is 10.2. The molecule has 0 spiro atoms. The molecule has 1 rings (SSSR count). The van der Waals surface area contributed by atoms with Crippen molar-refractivity contribution in [3.05, 3.63) is 27.7 Å². The van der Waals surface area contributed by atoms with Gasteiger partial charge in [0, 0.05) is 5.33 Å². The summed E-state index contributed by atoms with van der Waals surface area (Å²) in [5.74, 6) is 0.531. The van der Waals surface area contributed by atoms with Crippen molar-refractivity contribution in [2.45, 2.75) is 5.33 Å². The topological polar surface area (TPSA) is 9.23 Å². The quantitative estimate of drug-likeness (QED) is 0.740. The normalized spacial score (nSPS) is 10.0. The number of rotatable bonds is 2. The molecule has 66 valence electrons. The standard InChI is InChI=1S/C8H7BrCl2O/c1-12-8-6(10)2-5(4-9)3-7(8)11/h2-3H,4H2,1H3. The van der Waals surface area contributed by atoms with Crippen LogP contribution >= 0.6 is 39.1 Å². The minimum absolute atomic E-state index is 0.531. The molecule has 0 amide bonds. The molecule has 0 saturated carbocycles. The van der Waals surface area contributed by atoms with Gasteiger partial charge in [-0.2, -0.15) is 0 Å². The van der Waals surface area contributed by atoms with Crippen molar-refractivity contribution in [1.82, 2.24) is 0 Å². The van der Waals surface area contributed by atoms with E-state index in [0.717, 1.165) is 10.9 Å². The molecule has 1 aromatic rings. The maximum absolute atomic E-state index is 5.88. The Hall–Kier alpha value is 0.0800. The van der Waals surface area contributed by atoms with Gasteiger partial charge >= 0.3 is 0 Å². The molecule has 0 saturated heterocycles. The predicted octanol–water partition coefficient (Wildman–Crippen LogP) is 3.90. The number of methoxy groups -OCH3 is 1. The van der Waals surface area contributed by atoms with Gasteiger partial charge in [-0.3, -0.25) is 0 Å². The second-order valence-corrected chi connectivity index (χ2v) is 3.60. The van der Waals surface area contributed by atoms with Crippen molar-refractivity contribution in [1.29, 1.82) is 0 Å². The van der Waals surface area contributed by atoms with Crippen LogP contribution in [0, 0.1) is 0 Å². The van der Waals surface area contributed by atoms with Gasteiger partial charge in [-0.1, -0.05) is 39.1 Å². The van der Waals surface area contributed by atoms with Crippen LogP contribution in [0.5, 0.6) is 5.75 Å². The molecule has 0 unspecified atom stereocenters. The Bertz CT molecular complexity index is 265. The van der Waals surface area contributed by atoms with E-state index in [1.807, 2.05) is 12.1 Å². The fourth-order valence-corrected chi connectivity index (χ4v) is 1.89. The zero-order valence-corrected chi connectivity index (χ0v) is 9.50. The van der Waals surface area contributed by atoms with Gasteiger partial charge in [-0.15, -0.1) is 0 Å². The maximum atomic E-state index is 5.88. The summed E-state index contributed by atoms with van der Waals surface area (Å²) < 4.78 is 5.00. The molecule has 1 aromatic carbocycles. The summed E-state index contributed by atoms with van der Waals surface area (Å²) in [5.41, 5.74) is 1.03. The predicted molar refractivity (Wildman–Crippen MR) is 55.6 cm³/mol. The fraction of sp³-hybridized carbons (Fsp3) is 0.250. The Morgan fingerprint density at radius 1 is 1.33 bits per heavy atom. The third-order valence-corrected chi connectivity index (χ3v) is 2.63. The van der Waals surface area contributed by atoms with Crippen molar-refractivity contribution in [3.8, 4) is 5.75 Å². The van der Waals surface area contributed by atoms with E-state index < -0.39 is 0 Å². The summed E-state index contributed by atoms with van der Waals surface area (Å²) in [5, 5.41) is 1.81. The van der Waals surface area contributed by atoms with E-state index in [4.69, 9.17) is 27.9 Å². The van der Waals surface area contributed by atoms with E-state index in [1.165, 1.54) is 0 Å². The highest BCUT2D eigenvalue weighted by Crippen LogP contribution is 2.34. The molecule has 4 heteroatoms. The molecule has 0 N–H and O–H groups in total. The summed E-state index contributed by atoms with van der Waals surface area (Å²) in [6.45, 7) is 0. The molecule has 0 aliphatic heterocycles. The molecule has 0 atom stereocenters. The van der Waals surface area contributed by atoms with Crippen molar-refractivity contribution in [3.63, 3.8) is 0 Å². The number of halogens is 3. The van der Waals surface area contributed by atoms with E-state index in [1.54, 1.807) is 7.11 Å². The second kappa shape index (κ2) is 4.35. The summed E-state index contributed by atoms with van der Waals surface area (Å²) in [6, 6.07) is 3.64. The van der Waals surface area contributed by atoms with Gasteiger partial charge in [-0.05, 0) is 17.7 Å². The van der Waals surface area contributed by atoms with E-state index in [9.17, 15) is 0 Å². The SMILES string of the molecule is COc1c(Cl)cc(CBr)cc1Cl. The maximum Gasteiger partial charge on any atom is 0.156 e. The van der Waals surface area contributed by atoms with Crippen LogP contribution in [-0.4, -0.2) is 7.11 Å². The number of ether oxygens (including phenoxy) is 1. The Morgan fingerprint density at radius 2 is 1.83 bits per heavy atom. The summed E-state index contributed by atoms with van der Waals surface area (Å²) in [7, 11) is 1.54. The molecule has 0 radical (unpaired) electrons. The zero-order valence-electron chi connectivity index (χ0n) is 6.40. The molecular formula is C8H7BrCl2O. The third kappa shape index (κ3) is 2.06. The largest absolute Gasteiger partial charge is 0.494 e. The summed E-state index contributed by atoms with van der Waals surface area (Å²) in [6.07, 6.45) is 0. The van der Waals surface area contributed by atoms with Gasteiger partial charge < -0.3 is 4.74 Å². The lowest BCUT2D eigenvalue weighted by atomic mass is 10.2. The van der Waals surface area contributed by atoms with Crippen LogP contribution in [0.2, 0.25) is 10.0 Å². The Kier molecular flexibility index (Phi) is 3.69.